The third-order valence-corrected chi connectivity index (χ3v) is 2.48. The van der Waals surface area contributed by atoms with Crippen molar-refractivity contribution in [2.45, 2.75) is 6.18 Å². The number of carbonyl (C=O) groups excluding carboxylic acids is 1. The van der Waals surface area contributed by atoms with Gasteiger partial charge in [0.05, 0.1) is 22.0 Å². The Bertz CT molecular complexity index is 504. The zero-order valence-electron chi connectivity index (χ0n) is 8.11. The second-order valence-corrected chi connectivity index (χ2v) is 3.58. The fraction of sp³-hybridized carbons (Fsp3) is 0.200. The van der Waals surface area contributed by atoms with Crippen LogP contribution in [0.15, 0.2) is 12.1 Å². The molecule has 1 aromatic carbocycles. The number of ketones is 1. The lowest BCUT2D eigenvalue weighted by Gasteiger charge is -2.12. The number of carbonyl (C=O) groups is 1. The van der Waals surface area contributed by atoms with Gasteiger partial charge < -0.3 is 0 Å². The zero-order chi connectivity index (χ0) is 13.2. The molecule has 0 unspecified atom stereocenters. The minimum absolute atomic E-state index is 0.456. The van der Waals surface area contributed by atoms with Gasteiger partial charge in [-0.25, -0.2) is 4.39 Å². The third kappa shape index (κ3) is 2.64. The first kappa shape index (κ1) is 13.6. The molecule has 0 bridgehead atoms. The summed E-state index contributed by atoms with van der Waals surface area (Å²) >= 11 is 2.67. The number of Topliss-reactive ketones (excluding diaryl/α,β-unsaturated/α-hetero) is 1. The molecule has 1 rings (SSSR count). The smallest absolute Gasteiger partial charge is 0.293 e. The quantitative estimate of drug-likeness (QED) is 0.478. The van der Waals surface area contributed by atoms with Crippen LogP contribution in [0.25, 0.3) is 0 Å². The van der Waals surface area contributed by atoms with Crippen LogP contribution in [0.1, 0.15) is 21.5 Å². The van der Waals surface area contributed by atoms with E-state index in [9.17, 15) is 22.4 Å². The van der Waals surface area contributed by atoms with Gasteiger partial charge in [0.15, 0.2) is 11.6 Å². The van der Waals surface area contributed by atoms with Crippen LogP contribution < -0.4 is 0 Å². The Hall–Kier alpha value is -1.42. The van der Waals surface area contributed by atoms with Crippen LogP contribution in [0.4, 0.5) is 17.6 Å². The molecule has 0 saturated heterocycles. The molecule has 0 aromatic heterocycles. The molecule has 90 valence electrons. The highest BCUT2D eigenvalue weighted by Gasteiger charge is 2.37. The first-order valence-corrected chi connectivity index (χ1v) is 5.34. The Kier molecular flexibility index (Phi) is 3.88. The molecule has 7 heteroatoms. The topological polar surface area (TPSA) is 40.9 Å². The monoisotopic (exact) mass is 309 g/mol. The van der Waals surface area contributed by atoms with Gasteiger partial charge in [-0.3, -0.25) is 4.79 Å². The van der Waals surface area contributed by atoms with E-state index in [0.717, 1.165) is 0 Å². The van der Waals surface area contributed by atoms with E-state index in [1.807, 2.05) is 0 Å². The van der Waals surface area contributed by atoms with Gasteiger partial charge in [0.2, 0.25) is 0 Å². The summed E-state index contributed by atoms with van der Waals surface area (Å²) in [5.74, 6) is -2.50. The first-order chi connectivity index (χ1) is 7.82. The van der Waals surface area contributed by atoms with Crippen molar-refractivity contribution in [2.75, 3.05) is 5.33 Å². The van der Waals surface area contributed by atoms with Gasteiger partial charge in [-0.2, -0.15) is 18.4 Å². The lowest BCUT2D eigenvalue weighted by molar-refractivity contribution is -0.138. The van der Waals surface area contributed by atoms with Gasteiger partial charge in [-0.05, 0) is 12.1 Å². The molecule has 0 heterocycles. The van der Waals surface area contributed by atoms with E-state index >= 15 is 0 Å². The van der Waals surface area contributed by atoms with Crippen molar-refractivity contribution < 1.29 is 22.4 Å². The number of hydrogen-bond acceptors (Lipinski definition) is 2. The highest BCUT2D eigenvalue weighted by molar-refractivity contribution is 9.09. The fourth-order valence-corrected chi connectivity index (χ4v) is 1.52. The number of nitrogens with zero attached hydrogens (tertiary/aromatic N) is 1. The molecule has 0 spiro atoms. The molecule has 0 saturated carbocycles. The molecule has 17 heavy (non-hydrogen) atoms. The van der Waals surface area contributed by atoms with Crippen molar-refractivity contribution in [3.63, 3.8) is 0 Å². The summed E-state index contributed by atoms with van der Waals surface area (Å²) in [5, 5.41) is 8.04. The van der Waals surface area contributed by atoms with Crippen molar-refractivity contribution >= 4 is 21.7 Å². The minimum atomic E-state index is -4.85. The highest BCUT2D eigenvalue weighted by Crippen LogP contribution is 2.34. The molecule has 0 fully saturated rings. The largest absolute Gasteiger partial charge is 0.417 e. The van der Waals surface area contributed by atoms with Crippen molar-refractivity contribution in [2.24, 2.45) is 0 Å². The van der Waals surface area contributed by atoms with Crippen molar-refractivity contribution in [3.05, 3.63) is 34.6 Å². The van der Waals surface area contributed by atoms with Gasteiger partial charge in [-0.15, -0.1) is 0 Å². The van der Waals surface area contributed by atoms with E-state index in [-0.39, 0.29) is 0 Å². The van der Waals surface area contributed by atoms with Crippen LogP contribution >= 0.6 is 15.9 Å². The van der Waals surface area contributed by atoms with Crippen LogP contribution in [-0.4, -0.2) is 11.1 Å². The van der Waals surface area contributed by atoms with E-state index in [2.05, 4.69) is 15.9 Å². The lowest BCUT2D eigenvalue weighted by Crippen LogP contribution is -2.16. The Morgan fingerprint density at radius 3 is 2.41 bits per heavy atom. The zero-order valence-corrected chi connectivity index (χ0v) is 9.69. The van der Waals surface area contributed by atoms with Gasteiger partial charge in [-0.1, -0.05) is 15.9 Å². The van der Waals surface area contributed by atoms with Gasteiger partial charge >= 0.3 is 6.18 Å². The van der Waals surface area contributed by atoms with Crippen LogP contribution in [-0.2, 0) is 6.18 Å². The lowest BCUT2D eigenvalue weighted by atomic mass is 10.00. The molecular weight excluding hydrogens is 306 g/mol. The Morgan fingerprint density at radius 1 is 1.41 bits per heavy atom. The van der Waals surface area contributed by atoms with Crippen LogP contribution in [0.2, 0.25) is 0 Å². The Balaban J connectivity index is 3.60. The third-order valence-electron chi connectivity index (χ3n) is 1.97. The highest BCUT2D eigenvalue weighted by atomic mass is 79.9. The summed E-state index contributed by atoms with van der Waals surface area (Å²) in [7, 11) is 0. The summed E-state index contributed by atoms with van der Waals surface area (Å²) in [6.45, 7) is 0. The average molecular weight is 310 g/mol. The predicted octanol–water partition coefficient (Wildman–Crippen LogP) is 3.29. The predicted molar refractivity (Wildman–Crippen MR) is 54.2 cm³/mol. The summed E-state index contributed by atoms with van der Waals surface area (Å²) in [5.41, 5.74) is -3.07. The summed E-state index contributed by atoms with van der Waals surface area (Å²) < 4.78 is 51.2. The molecule has 0 radical (unpaired) electrons. The second-order valence-electron chi connectivity index (χ2n) is 3.02. The number of benzene rings is 1. The normalized spacial score (nSPS) is 11.1. The maximum absolute atomic E-state index is 13.5. The minimum Gasteiger partial charge on any atom is -0.293 e. The molecule has 0 aliphatic carbocycles. The number of halogens is 5. The van der Waals surface area contributed by atoms with Crippen LogP contribution in [0.5, 0.6) is 0 Å². The molecule has 0 N–H and O–H groups in total. The van der Waals surface area contributed by atoms with Crippen molar-refractivity contribution in [1.82, 2.24) is 0 Å². The maximum Gasteiger partial charge on any atom is 0.417 e. The van der Waals surface area contributed by atoms with Gasteiger partial charge in [0, 0.05) is 0 Å². The average Bonchev–Trinajstić information content (AvgIpc) is 2.26. The summed E-state index contributed by atoms with van der Waals surface area (Å²) in [4.78, 5) is 11.3. The van der Waals surface area contributed by atoms with Gasteiger partial charge in [0.25, 0.3) is 0 Å². The molecular formula is C10H4BrF4NO. The number of rotatable bonds is 2. The molecule has 0 amide bonds. The van der Waals surface area contributed by atoms with E-state index in [1.165, 1.54) is 6.07 Å². The summed E-state index contributed by atoms with van der Waals surface area (Å²) in [6, 6.07) is 2.61. The van der Waals surface area contributed by atoms with E-state index in [4.69, 9.17) is 5.26 Å². The van der Waals surface area contributed by atoms with E-state index in [1.54, 1.807) is 0 Å². The first-order valence-electron chi connectivity index (χ1n) is 4.22. The van der Waals surface area contributed by atoms with E-state index in [0.29, 0.717) is 12.1 Å². The second kappa shape index (κ2) is 4.84. The number of nitriles is 1. The van der Waals surface area contributed by atoms with Crippen LogP contribution in [0, 0.1) is 17.1 Å². The fourth-order valence-electron chi connectivity index (χ4n) is 1.24. The molecule has 2 nitrogen and oxygen atoms in total. The van der Waals surface area contributed by atoms with Crippen molar-refractivity contribution in [3.8, 4) is 6.07 Å². The van der Waals surface area contributed by atoms with E-state index < -0.39 is 39.8 Å². The number of hydrogen-bond donors (Lipinski definition) is 0. The molecule has 0 atom stereocenters. The number of alkyl halides is 4. The molecule has 0 aliphatic rings. The maximum atomic E-state index is 13.5. The van der Waals surface area contributed by atoms with Gasteiger partial charge in [0.1, 0.15) is 6.07 Å². The van der Waals surface area contributed by atoms with Crippen LogP contribution in [0.3, 0.4) is 0 Å². The molecule has 0 aliphatic heterocycles. The summed E-state index contributed by atoms with van der Waals surface area (Å²) in [6.07, 6.45) is -4.85. The Labute approximate surface area is 102 Å². The standard InChI is InChI=1S/C10H4BrF4NO/c11-3-7(17)8-6(10(13,14)15)2-1-5(4-16)9(8)12/h1-2H,3H2. The Morgan fingerprint density at radius 2 is 2.00 bits per heavy atom. The SMILES string of the molecule is N#Cc1ccc(C(F)(F)F)c(C(=O)CBr)c1F. The molecule has 1 aromatic rings. The van der Waals surface area contributed by atoms with Crippen molar-refractivity contribution in [1.29, 1.82) is 5.26 Å².